The van der Waals surface area contributed by atoms with E-state index in [1.807, 2.05) is 18.2 Å². The van der Waals surface area contributed by atoms with Gasteiger partial charge in [-0.25, -0.2) is 0 Å². The molecule has 2 aromatic rings. The zero-order valence-corrected chi connectivity index (χ0v) is 9.90. The highest BCUT2D eigenvalue weighted by Gasteiger charge is 2.12. The van der Waals surface area contributed by atoms with Gasteiger partial charge in [0, 0.05) is 35.5 Å². The maximum absolute atomic E-state index is 11.3. The fraction of sp³-hybridized carbons (Fsp3) is 0.0769. The third-order valence-corrected chi connectivity index (χ3v) is 2.80. The maximum atomic E-state index is 11.3. The molecule has 0 N–H and O–H groups in total. The van der Waals surface area contributed by atoms with Crippen LogP contribution in [-0.2, 0) is 0 Å². The van der Waals surface area contributed by atoms with Gasteiger partial charge in [0.1, 0.15) is 6.07 Å². The number of nitrogens with zero attached hydrogens (tertiary/aromatic N) is 2. The topological polar surface area (TPSA) is 45.8 Å². The quantitative estimate of drug-likeness (QED) is 0.772. The molecule has 1 heterocycles. The van der Waals surface area contributed by atoms with Gasteiger partial charge in [0.2, 0.25) is 5.91 Å². The van der Waals surface area contributed by atoms with E-state index < -0.39 is 0 Å². The Balaban J connectivity index is 2.64. The SMILES string of the molecule is CC(=O)n1cc(C#N)c(-c2ccccc2Cl)c1. The summed E-state index contributed by atoms with van der Waals surface area (Å²) in [5, 5.41) is 9.61. The molecule has 0 bridgehead atoms. The minimum Gasteiger partial charge on any atom is -0.293 e. The van der Waals surface area contributed by atoms with Crippen LogP contribution in [0.25, 0.3) is 11.1 Å². The van der Waals surface area contributed by atoms with Gasteiger partial charge >= 0.3 is 0 Å². The monoisotopic (exact) mass is 244 g/mol. The summed E-state index contributed by atoms with van der Waals surface area (Å²) in [6.07, 6.45) is 3.14. The highest BCUT2D eigenvalue weighted by molar-refractivity contribution is 6.33. The van der Waals surface area contributed by atoms with Crippen molar-refractivity contribution in [2.45, 2.75) is 6.92 Å². The second-order valence-electron chi connectivity index (χ2n) is 3.60. The zero-order chi connectivity index (χ0) is 12.4. The van der Waals surface area contributed by atoms with E-state index >= 15 is 0 Å². The highest BCUT2D eigenvalue weighted by atomic mass is 35.5. The van der Waals surface area contributed by atoms with E-state index in [1.54, 1.807) is 12.3 Å². The molecule has 0 aliphatic carbocycles. The molecule has 1 aromatic carbocycles. The average Bonchev–Trinajstić information content (AvgIpc) is 2.73. The summed E-state index contributed by atoms with van der Waals surface area (Å²) in [5.41, 5.74) is 1.87. The van der Waals surface area contributed by atoms with Crippen molar-refractivity contribution < 1.29 is 4.79 Å². The number of halogens is 1. The minimum absolute atomic E-state index is 0.139. The molecule has 0 spiro atoms. The number of benzene rings is 1. The van der Waals surface area contributed by atoms with Crippen molar-refractivity contribution in [2.75, 3.05) is 0 Å². The first-order valence-corrected chi connectivity index (χ1v) is 5.39. The lowest BCUT2D eigenvalue weighted by Gasteiger charge is -2.01. The molecule has 84 valence electrons. The first-order chi connectivity index (χ1) is 8.13. The van der Waals surface area contributed by atoms with E-state index in [-0.39, 0.29) is 5.91 Å². The van der Waals surface area contributed by atoms with Crippen LogP contribution in [0.3, 0.4) is 0 Å². The lowest BCUT2D eigenvalue weighted by Crippen LogP contribution is -2.00. The fourth-order valence-electron chi connectivity index (χ4n) is 1.62. The molecule has 0 atom stereocenters. The van der Waals surface area contributed by atoms with E-state index in [0.29, 0.717) is 16.1 Å². The van der Waals surface area contributed by atoms with Crippen molar-refractivity contribution in [3.8, 4) is 17.2 Å². The van der Waals surface area contributed by atoms with Crippen LogP contribution in [0.15, 0.2) is 36.7 Å². The molecule has 4 heteroatoms. The second kappa shape index (κ2) is 4.44. The van der Waals surface area contributed by atoms with Crippen LogP contribution in [0.4, 0.5) is 0 Å². The largest absolute Gasteiger partial charge is 0.293 e. The normalized spacial score (nSPS) is 9.94. The van der Waals surface area contributed by atoms with Crippen LogP contribution >= 0.6 is 11.6 Å². The first-order valence-electron chi connectivity index (χ1n) is 5.01. The third-order valence-electron chi connectivity index (χ3n) is 2.47. The standard InChI is InChI=1S/C13H9ClN2O/c1-9(17)16-7-10(6-15)12(8-16)11-4-2-3-5-13(11)14/h2-5,7-8H,1H3. The third kappa shape index (κ3) is 2.08. The van der Waals surface area contributed by atoms with E-state index in [9.17, 15) is 4.79 Å². The van der Waals surface area contributed by atoms with E-state index in [4.69, 9.17) is 16.9 Å². The number of hydrogen-bond acceptors (Lipinski definition) is 2. The molecule has 0 aliphatic rings. The Labute approximate surface area is 104 Å². The molecule has 0 saturated carbocycles. The van der Waals surface area contributed by atoms with Crippen LogP contribution in [0.1, 0.15) is 17.3 Å². The van der Waals surface area contributed by atoms with E-state index in [0.717, 1.165) is 5.56 Å². The van der Waals surface area contributed by atoms with Crippen molar-refractivity contribution in [3.63, 3.8) is 0 Å². The summed E-state index contributed by atoms with van der Waals surface area (Å²) in [6, 6.07) is 9.30. The summed E-state index contributed by atoms with van der Waals surface area (Å²) in [7, 11) is 0. The van der Waals surface area contributed by atoms with Gasteiger partial charge in [-0.3, -0.25) is 9.36 Å². The van der Waals surface area contributed by atoms with Gasteiger partial charge in [-0.15, -0.1) is 0 Å². The molecule has 2 rings (SSSR count). The number of carbonyl (C=O) groups excluding carboxylic acids is 1. The van der Waals surface area contributed by atoms with Crippen molar-refractivity contribution in [2.24, 2.45) is 0 Å². The van der Waals surface area contributed by atoms with Gasteiger partial charge in [0.25, 0.3) is 0 Å². The molecular formula is C13H9ClN2O. The molecule has 0 radical (unpaired) electrons. The Kier molecular flexibility index (Phi) is 2.99. The number of nitriles is 1. The fourth-order valence-corrected chi connectivity index (χ4v) is 1.86. The van der Waals surface area contributed by atoms with Gasteiger partial charge in [-0.2, -0.15) is 5.26 Å². The molecule has 0 aliphatic heterocycles. The number of hydrogen-bond donors (Lipinski definition) is 0. The lowest BCUT2D eigenvalue weighted by atomic mass is 10.1. The van der Waals surface area contributed by atoms with Gasteiger partial charge in [0.15, 0.2) is 0 Å². The number of aromatic nitrogens is 1. The smallest absolute Gasteiger partial charge is 0.227 e. The average molecular weight is 245 g/mol. The van der Waals surface area contributed by atoms with Crippen molar-refractivity contribution in [1.29, 1.82) is 5.26 Å². The molecule has 17 heavy (non-hydrogen) atoms. The van der Waals surface area contributed by atoms with E-state index in [2.05, 4.69) is 6.07 Å². The maximum Gasteiger partial charge on any atom is 0.227 e. The van der Waals surface area contributed by atoms with Gasteiger partial charge < -0.3 is 0 Å². The highest BCUT2D eigenvalue weighted by Crippen LogP contribution is 2.30. The molecular weight excluding hydrogens is 236 g/mol. The van der Waals surface area contributed by atoms with Crippen LogP contribution in [0.2, 0.25) is 5.02 Å². The van der Waals surface area contributed by atoms with Crippen LogP contribution in [0, 0.1) is 11.3 Å². The molecule has 0 fully saturated rings. The minimum atomic E-state index is -0.139. The zero-order valence-electron chi connectivity index (χ0n) is 9.14. The molecule has 0 amide bonds. The Morgan fingerprint density at radius 2 is 2.00 bits per heavy atom. The lowest BCUT2D eigenvalue weighted by molar-refractivity contribution is 0.0937. The Hall–Kier alpha value is -2.05. The summed E-state index contributed by atoms with van der Waals surface area (Å²) < 4.78 is 1.39. The van der Waals surface area contributed by atoms with Crippen LogP contribution in [-0.4, -0.2) is 10.5 Å². The summed E-state index contributed by atoms with van der Waals surface area (Å²) in [4.78, 5) is 11.3. The predicted molar refractivity (Wildman–Crippen MR) is 65.9 cm³/mol. The number of carbonyl (C=O) groups is 1. The molecule has 1 aromatic heterocycles. The van der Waals surface area contributed by atoms with Crippen molar-refractivity contribution >= 4 is 17.5 Å². The Bertz CT molecular complexity index is 623. The summed E-state index contributed by atoms with van der Waals surface area (Å²) in [5.74, 6) is -0.139. The first kappa shape index (κ1) is 11.4. The summed E-state index contributed by atoms with van der Waals surface area (Å²) in [6.45, 7) is 1.44. The number of rotatable bonds is 1. The van der Waals surface area contributed by atoms with Crippen LogP contribution in [0.5, 0.6) is 0 Å². The van der Waals surface area contributed by atoms with Gasteiger partial charge in [0.05, 0.1) is 5.56 Å². The second-order valence-corrected chi connectivity index (χ2v) is 4.01. The Morgan fingerprint density at radius 1 is 1.29 bits per heavy atom. The predicted octanol–water partition coefficient (Wildman–Crippen LogP) is 3.34. The van der Waals surface area contributed by atoms with Gasteiger partial charge in [-0.1, -0.05) is 29.8 Å². The van der Waals surface area contributed by atoms with E-state index in [1.165, 1.54) is 17.7 Å². The van der Waals surface area contributed by atoms with Gasteiger partial charge in [-0.05, 0) is 6.07 Å². The van der Waals surface area contributed by atoms with Crippen molar-refractivity contribution in [3.05, 3.63) is 47.2 Å². The molecule has 0 saturated heterocycles. The van der Waals surface area contributed by atoms with Crippen LogP contribution < -0.4 is 0 Å². The Morgan fingerprint density at radius 3 is 2.59 bits per heavy atom. The van der Waals surface area contributed by atoms with Crippen molar-refractivity contribution in [1.82, 2.24) is 4.57 Å². The molecule has 3 nitrogen and oxygen atoms in total. The molecule has 0 unspecified atom stereocenters. The summed E-state index contributed by atoms with van der Waals surface area (Å²) >= 11 is 6.07.